The Bertz CT molecular complexity index is 643. The lowest BCUT2D eigenvalue weighted by molar-refractivity contribution is 0.0696. The van der Waals surface area contributed by atoms with Gasteiger partial charge in [-0.2, -0.15) is 0 Å². The molecule has 0 fully saturated rings. The average molecular weight is 257 g/mol. The number of ether oxygens (including phenoxy) is 1. The van der Waals surface area contributed by atoms with Gasteiger partial charge in [-0.25, -0.2) is 14.8 Å². The highest BCUT2D eigenvalue weighted by atomic mass is 16.5. The minimum atomic E-state index is -1.04. The number of carboxylic acids is 1. The van der Waals surface area contributed by atoms with E-state index < -0.39 is 5.97 Å². The predicted molar refractivity (Wildman–Crippen MR) is 65.3 cm³/mol. The second-order valence-corrected chi connectivity index (χ2v) is 4.27. The number of aromatic carboxylic acids is 1. The second-order valence-electron chi connectivity index (χ2n) is 4.27. The van der Waals surface area contributed by atoms with Crippen molar-refractivity contribution in [3.05, 3.63) is 41.6 Å². The van der Waals surface area contributed by atoms with Gasteiger partial charge in [-0.15, -0.1) is 0 Å². The van der Waals surface area contributed by atoms with Crippen molar-refractivity contribution in [1.82, 2.24) is 15.0 Å². The molecule has 1 aliphatic carbocycles. The molecule has 19 heavy (non-hydrogen) atoms. The van der Waals surface area contributed by atoms with Gasteiger partial charge in [0.2, 0.25) is 5.88 Å². The van der Waals surface area contributed by atoms with Gasteiger partial charge in [0.25, 0.3) is 0 Å². The lowest BCUT2D eigenvalue weighted by Gasteiger charge is -2.08. The summed E-state index contributed by atoms with van der Waals surface area (Å²) in [5.74, 6) is -0.176. The van der Waals surface area contributed by atoms with Crippen LogP contribution in [0.15, 0.2) is 24.8 Å². The molecule has 0 radical (unpaired) electrons. The van der Waals surface area contributed by atoms with Crippen molar-refractivity contribution in [2.75, 3.05) is 0 Å². The molecule has 96 valence electrons. The maximum Gasteiger partial charge on any atom is 0.337 e. The van der Waals surface area contributed by atoms with Gasteiger partial charge in [0, 0.05) is 11.8 Å². The van der Waals surface area contributed by atoms with Crippen LogP contribution in [0.5, 0.6) is 11.6 Å². The average Bonchev–Trinajstić information content (AvgIpc) is 2.88. The quantitative estimate of drug-likeness (QED) is 0.903. The molecule has 0 spiro atoms. The van der Waals surface area contributed by atoms with Gasteiger partial charge >= 0.3 is 5.97 Å². The zero-order chi connectivity index (χ0) is 13.2. The van der Waals surface area contributed by atoms with Gasteiger partial charge in [0.15, 0.2) is 0 Å². The highest BCUT2D eigenvalue weighted by Crippen LogP contribution is 2.30. The summed E-state index contributed by atoms with van der Waals surface area (Å²) in [5.41, 5.74) is 2.10. The number of pyridine rings is 1. The zero-order valence-electron chi connectivity index (χ0n) is 10.0. The van der Waals surface area contributed by atoms with Crippen molar-refractivity contribution in [2.45, 2.75) is 19.3 Å². The summed E-state index contributed by atoms with van der Waals surface area (Å²) < 4.78 is 5.64. The van der Waals surface area contributed by atoms with Crippen LogP contribution in [0.4, 0.5) is 0 Å². The number of hydrogen-bond acceptors (Lipinski definition) is 5. The van der Waals surface area contributed by atoms with E-state index in [0.717, 1.165) is 30.5 Å². The molecule has 0 amide bonds. The van der Waals surface area contributed by atoms with Crippen LogP contribution in [0.2, 0.25) is 0 Å². The zero-order valence-corrected chi connectivity index (χ0v) is 10.0. The van der Waals surface area contributed by atoms with E-state index in [4.69, 9.17) is 9.84 Å². The van der Waals surface area contributed by atoms with Crippen molar-refractivity contribution in [3.8, 4) is 11.6 Å². The number of rotatable bonds is 3. The molecule has 1 N–H and O–H groups in total. The molecule has 0 saturated carbocycles. The summed E-state index contributed by atoms with van der Waals surface area (Å²) in [6.45, 7) is 0. The summed E-state index contributed by atoms with van der Waals surface area (Å²) in [7, 11) is 0. The Kier molecular flexibility index (Phi) is 2.83. The van der Waals surface area contributed by atoms with Crippen LogP contribution in [-0.4, -0.2) is 26.0 Å². The highest BCUT2D eigenvalue weighted by Gasteiger charge is 2.18. The van der Waals surface area contributed by atoms with Gasteiger partial charge in [0.1, 0.15) is 12.1 Å². The highest BCUT2D eigenvalue weighted by molar-refractivity contribution is 5.87. The minimum Gasteiger partial charge on any atom is -0.478 e. The van der Waals surface area contributed by atoms with E-state index in [0.29, 0.717) is 11.6 Å². The van der Waals surface area contributed by atoms with Crippen molar-refractivity contribution in [1.29, 1.82) is 0 Å². The number of aromatic nitrogens is 3. The fraction of sp³-hybridized carbons (Fsp3) is 0.231. The van der Waals surface area contributed by atoms with Crippen LogP contribution in [0, 0.1) is 0 Å². The maximum atomic E-state index is 10.9. The predicted octanol–water partition coefficient (Wildman–Crippen LogP) is 1.85. The Hall–Kier alpha value is -2.50. The Balaban J connectivity index is 1.92. The number of carbonyl (C=O) groups is 1. The maximum absolute atomic E-state index is 10.9. The van der Waals surface area contributed by atoms with Crippen LogP contribution >= 0.6 is 0 Å². The lowest BCUT2D eigenvalue weighted by Crippen LogP contribution is -2.00. The molecule has 2 heterocycles. The molecule has 0 aliphatic heterocycles. The van der Waals surface area contributed by atoms with E-state index >= 15 is 0 Å². The van der Waals surface area contributed by atoms with E-state index in [9.17, 15) is 4.79 Å². The van der Waals surface area contributed by atoms with Crippen LogP contribution in [0.3, 0.4) is 0 Å². The Labute approximate surface area is 109 Å². The smallest absolute Gasteiger partial charge is 0.337 e. The Morgan fingerprint density at radius 3 is 3.00 bits per heavy atom. The van der Waals surface area contributed by atoms with E-state index in [1.807, 2.05) is 0 Å². The molecular weight excluding hydrogens is 246 g/mol. The summed E-state index contributed by atoms with van der Waals surface area (Å²) >= 11 is 0. The first-order chi connectivity index (χ1) is 9.24. The third kappa shape index (κ3) is 2.24. The summed E-state index contributed by atoms with van der Waals surface area (Å²) in [6, 6.07) is 1.43. The fourth-order valence-corrected chi connectivity index (χ4v) is 2.12. The van der Waals surface area contributed by atoms with Crippen LogP contribution in [-0.2, 0) is 12.8 Å². The number of aryl methyl sites for hydroxylation is 1. The van der Waals surface area contributed by atoms with Crippen LogP contribution in [0.1, 0.15) is 28.0 Å². The Morgan fingerprint density at radius 2 is 2.16 bits per heavy atom. The van der Waals surface area contributed by atoms with Crippen molar-refractivity contribution >= 4 is 5.97 Å². The number of carboxylic acid groups (broad SMARTS) is 1. The molecular formula is C13H11N3O3. The molecule has 0 bridgehead atoms. The summed E-state index contributed by atoms with van der Waals surface area (Å²) in [6.07, 6.45) is 7.07. The summed E-state index contributed by atoms with van der Waals surface area (Å²) in [4.78, 5) is 23.0. The lowest BCUT2D eigenvalue weighted by atomic mass is 10.2. The first-order valence-corrected chi connectivity index (χ1v) is 5.93. The third-order valence-corrected chi connectivity index (χ3v) is 3.01. The van der Waals surface area contributed by atoms with Gasteiger partial charge in [-0.05, 0) is 25.3 Å². The standard InChI is InChI=1S/C13H11N3O3/c17-13(18)8-4-9(6-14-5-8)19-12-10-2-1-3-11(10)15-7-16-12/h4-7H,1-3H2,(H,17,18). The molecule has 1 aliphatic rings. The first-order valence-electron chi connectivity index (χ1n) is 5.93. The topological polar surface area (TPSA) is 85.2 Å². The normalized spacial score (nSPS) is 13.1. The van der Waals surface area contributed by atoms with Crippen LogP contribution < -0.4 is 4.74 Å². The molecule has 0 unspecified atom stereocenters. The van der Waals surface area contributed by atoms with Crippen molar-refractivity contribution < 1.29 is 14.6 Å². The Morgan fingerprint density at radius 1 is 1.26 bits per heavy atom. The number of fused-ring (bicyclic) bond motifs is 1. The van der Waals surface area contributed by atoms with E-state index in [-0.39, 0.29) is 5.56 Å². The van der Waals surface area contributed by atoms with Crippen LogP contribution in [0.25, 0.3) is 0 Å². The van der Waals surface area contributed by atoms with Gasteiger partial charge in [-0.1, -0.05) is 0 Å². The van der Waals surface area contributed by atoms with Gasteiger partial charge < -0.3 is 9.84 Å². The molecule has 6 heteroatoms. The molecule has 0 aromatic carbocycles. The molecule has 3 rings (SSSR count). The van der Waals surface area contributed by atoms with Crippen molar-refractivity contribution in [3.63, 3.8) is 0 Å². The van der Waals surface area contributed by atoms with Gasteiger partial charge in [0.05, 0.1) is 17.5 Å². The molecule has 6 nitrogen and oxygen atoms in total. The van der Waals surface area contributed by atoms with E-state index in [2.05, 4.69) is 15.0 Å². The molecule has 0 saturated heterocycles. The first kappa shape index (κ1) is 11.6. The van der Waals surface area contributed by atoms with E-state index in [1.54, 1.807) is 0 Å². The van der Waals surface area contributed by atoms with Gasteiger partial charge in [-0.3, -0.25) is 4.98 Å². The molecule has 2 aromatic rings. The second kappa shape index (κ2) is 4.64. The van der Waals surface area contributed by atoms with E-state index in [1.165, 1.54) is 24.8 Å². The monoisotopic (exact) mass is 257 g/mol. The summed E-state index contributed by atoms with van der Waals surface area (Å²) in [5, 5.41) is 8.91. The molecule has 0 atom stereocenters. The third-order valence-electron chi connectivity index (χ3n) is 3.01. The fourth-order valence-electron chi connectivity index (χ4n) is 2.12. The number of nitrogens with zero attached hydrogens (tertiary/aromatic N) is 3. The minimum absolute atomic E-state index is 0.0863. The molecule has 2 aromatic heterocycles. The number of hydrogen-bond donors (Lipinski definition) is 1. The largest absolute Gasteiger partial charge is 0.478 e. The van der Waals surface area contributed by atoms with Crippen molar-refractivity contribution in [2.24, 2.45) is 0 Å². The SMILES string of the molecule is O=C(O)c1cncc(Oc2ncnc3c2CCC3)c1.